The monoisotopic (exact) mass is 526 g/mol. The van der Waals surface area contributed by atoms with Gasteiger partial charge in [-0.3, -0.25) is 18.9 Å². The van der Waals surface area contributed by atoms with E-state index in [9.17, 15) is 9.59 Å². The van der Waals surface area contributed by atoms with Crippen LogP contribution < -0.4 is 11.0 Å². The molecular formula is C29H27ClN6O2. The normalized spacial score (nSPS) is 17.6. The number of imidazole rings is 1. The highest BCUT2D eigenvalue weighted by Gasteiger charge is 2.25. The van der Waals surface area contributed by atoms with Crippen LogP contribution in [0.25, 0.3) is 27.6 Å². The second-order valence-corrected chi connectivity index (χ2v) is 10.4. The van der Waals surface area contributed by atoms with Crippen LogP contribution in [0.4, 0.5) is 0 Å². The van der Waals surface area contributed by atoms with Crippen molar-refractivity contribution in [1.29, 1.82) is 0 Å². The Bertz CT molecular complexity index is 1720. The Morgan fingerprint density at radius 3 is 2.63 bits per heavy atom. The van der Waals surface area contributed by atoms with Crippen molar-refractivity contribution in [1.82, 2.24) is 29.4 Å². The molecule has 8 nitrogen and oxygen atoms in total. The second kappa shape index (κ2) is 10.0. The van der Waals surface area contributed by atoms with E-state index in [-0.39, 0.29) is 17.6 Å². The van der Waals surface area contributed by atoms with Gasteiger partial charge in [-0.05, 0) is 74.9 Å². The van der Waals surface area contributed by atoms with Gasteiger partial charge in [0.2, 0.25) is 0 Å². The van der Waals surface area contributed by atoms with Crippen molar-refractivity contribution in [3.8, 4) is 5.69 Å². The van der Waals surface area contributed by atoms with E-state index in [2.05, 4.69) is 20.3 Å². The van der Waals surface area contributed by atoms with Gasteiger partial charge in [-0.1, -0.05) is 23.7 Å². The molecule has 1 saturated carbocycles. The van der Waals surface area contributed by atoms with Gasteiger partial charge in [0.05, 0.1) is 38.5 Å². The van der Waals surface area contributed by atoms with E-state index in [0.29, 0.717) is 28.7 Å². The molecule has 5 aromatic rings. The van der Waals surface area contributed by atoms with Crippen LogP contribution in [0.5, 0.6) is 0 Å². The molecule has 1 aliphatic rings. The van der Waals surface area contributed by atoms with Crippen LogP contribution in [0.2, 0.25) is 5.02 Å². The van der Waals surface area contributed by atoms with E-state index in [1.54, 1.807) is 23.0 Å². The summed E-state index contributed by atoms with van der Waals surface area (Å²) in [5, 5.41) is 4.53. The summed E-state index contributed by atoms with van der Waals surface area (Å²) in [6.07, 6.45) is 8.41. The maximum atomic E-state index is 13.7. The number of carbonyl (C=O) groups excluding carboxylic acids is 1. The summed E-state index contributed by atoms with van der Waals surface area (Å²) < 4.78 is 3.66. The molecule has 0 atom stereocenters. The van der Waals surface area contributed by atoms with E-state index in [1.165, 1.54) is 6.33 Å². The topological polar surface area (TPSA) is 94.7 Å². The van der Waals surface area contributed by atoms with Crippen molar-refractivity contribution >= 4 is 39.4 Å². The number of para-hydroxylation sites is 2. The molecule has 1 aliphatic carbocycles. The standard InChI is InChI=1S/C29H27ClN6O2/c1-18-24(12-21(30)15-32-18)28(37)34-22-9-6-19(7-10-22)16-35-26-4-2-3-5-27(26)36(29(35)38)23-11-8-20-14-31-17-33-25(20)13-23/h2-5,8,11-15,17,19,22H,6-7,9-10,16H2,1H3,(H,34,37)/t19-,22-. The van der Waals surface area contributed by atoms with Crippen LogP contribution in [0.3, 0.4) is 0 Å². The Balaban J connectivity index is 1.21. The van der Waals surface area contributed by atoms with Crippen LogP contribution in [0.15, 0.2) is 72.0 Å². The van der Waals surface area contributed by atoms with Crippen molar-refractivity contribution in [2.24, 2.45) is 5.92 Å². The Hall–Kier alpha value is -4.04. The molecule has 1 N–H and O–H groups in total. The maximum absolute atomic E-state index is 13.7. The van der Waals surface area contributed by atoms with Crippen LogP contribution in [0.1, 0.15) is 41.7 Å². The summed E-state index contributed by atoms with van der Waals surface area (Å²) in [6.45, 7) is 2.45. The van der Waals surface area contributed by atoms with E-state index < -0.39 is 0 Å². The largest absolute Gasteiger partial charge is 0.349 e. The molecule has 0 bridgehead atoms. The first-order valence-electron chi connectivity index (χ1n) is 12.8. The Morgan fingerprint density at radius 2 is 1.82 bits per heavy atom. The fourth-order valence-corrected chi connectivity index (χ4v) is 5.64. The molecule has 0 spiro atoms. The molecule has 3 heterocycles. The molecule has 0 unspecified atom stereocenters. The second-order valence-electron chi connectivity index (χ2n) is 9.96. The fourth-order valence-electron chi connectivity index (χ4n) is 5.48. The number of aryl methyl sites for hydroxylation is 1. The third-order valence-corrected chi connectivity index (χ3v) is 7.71. The summed E-state index contributed by atoms with van der Waals surface area (Å²) in [7, 11) is 0. The average molecular weight is 527 g/mol. The van der Waals surface area contributed by atoms with Crippen LogP contribution >= 0.6 is 11.6 Å². The van der Waals surface area contributed by atoms with E-state index in [0.717, 1.165) is 53.3 Å². The number of nitrogens with zero attached hydrogens (tertiary/aromatic N) is 5. The predicted molar refractivity (Wildman–Crippen MR) is 148 cm³/mol. The number of halogens is 1. The Morgan fingerprint density at radius 1 is 1.03 bits per heavy atom. The maximum Gasteiger partial charge on any atom is 0.333 e. The molecule has 192 valence electrons. The number of hydrogen-bond acceptors (Lipinski definition) is 5. The molecular weight excluding hydrogens is 500 g/mol. The van der Waals surface area contributed by atoms with Gasteiger partial charge >= 0.3 is 5.69 Å². The Kier molecular flexibility index (Phi) is 6.41. The van der Waals surface area contributed by atoms with E-state index in [1.807, 2.05) is 54.0 Å². The molecule has 1 amide bonds. The van der Waals surface area contributed by atoms with Gasteiger partial charge in [-0.2, -0.15) is 0 Å². The van der Waals surface area contributed by atoms with Crippen molar-refractivity contribution in [3.05, 3.63) is 94.0 Å². The summed E-state index contributed by atoms with van der Waals surface area (Å²) >= 11 is 6.04. The van der Waals surface area contributed by atoms with Gasteiger partial charge in [0.25, 0.3) is 5.91 Å². The van der Waals surface area contributed by atoms with Gasteiger partial charge < -0.3 is 5.32 Å². The lowest BCUT2D eigenvalue weighted by Gasteiger charge is -2.29. The smallest absolute Gasteiger partial charge is 0.333 e. The van der Waals surface area contributed by atoms with Crippen molar-refractivity contribution in [2.45, 2.75) is 45.2 Å². The van der Waals surface area contributed by atoms with Gasteiger partial charge in [0, 0.05) is 30.4 Å². The van der Waals surface area contributed by atoms with Crippen LogP contribution in [0, 0.1) is 12.8 Å². The number of rotatable bonds is 5. The highest BCUT2D eigenvalue weighted by Crippen LogP contribution is 2.28. The van der Waals surface area contributed by atoms with Crippen molar-refractivity contribution in [3.63, 3.8) is 0 Å². The predicted octanol–water partition coefficient (Wildman–Crippen LogP) is 5.08. The lowest BCUT2D eigenvalue weighted by atomic mass is 9.85. The number of carbonyl (C=O) groups is 1. The minimum atomic E-state index is -0.138. The first-order chi connectivity index (χ1) is 18.5. The number of amides is 1. The lowest BCUT2D eigenvalue weighted by Crippen LogP contribution is -2.39. The molecule has 9 heteroatoms. The molecule has 38 heavy (non-hydrogen) atoms. The third kappa shape index (κ3) is 4.56. The summed E-state index contributed by atoms with van der Waals surface area (Å²) in [5.41, 5.74) is 4.49. The zero-order valence-corrected chi connectivity index (χ0v) is 21.7. The quantitative estimate of drug-likeness (QED) is 0.344. The van der Waals surface area contributed by atoms with Crippen molar-refractivity contribution < 1.29 is 4.79 Å². The van der Waals surface area contributed by atoms with Crippen LogP contribution in [-0.2, 0) is 6.54 Å². The number of aromatic nitrogens is 5. The van der Waals surface area contributed by atoms with Gasteiger partial charge in [-0.25, -0.2) is 14.8 Å². The molecule has 3 aromatic heterocycles. The minimum absolute atomic E-state index is 0.0565. The number of nitrogens with one attached hydrogen (secondary N) is 1. The third-order valence-electron chi connectivity index (χ3n) is 7.51. The number of hydrogen-bond donors (Lipinski definition) is 1. The first-order valence-corrected chi connectivity index (χ1v) is 13.2. The number of benzene rings is 2. The molecule has 0 saturated heterocycles. The first kappa shape index (κ1) is 24.3. The lowest BCUT2D eigenvalue weighted by molar-refractivity contribution is 0.0919. The molecule has 1 fully saturated rings. The zero-order valence-electron chi connectivity index (χ0n) is 21.0. The molecule has 6 rings (SSSR count). The molecule has 0 radical (unpaired) electrons. The fraction of sp³-hybridized carbons (Fsp3) is 0.276. The SMILES string of the molecule is Cc1ncc(Cl)cc1C(=O)N[C@H]1CC[C@H](Cn2c(=O)n(-c3ccc4cncnc4c3)c3ccccc32)CC1. The summed E-state index contributed by atoms with van der Waals surface area (Å²) in [6, 6.07) is 15.5. The summed E-state index contributed by atoms with van der Waals surface area (Å²) in [5.74, 6) is 0.208. The van der Waals surface area contributed by atoms with Crippen molar-refractivity contribution in [2.75, 3.05) is 0 Å². The van der Waals surface area contributed by atoms with Gasteiger partial charge in [0.15, 0.2) is 0 Å². The van der Waals surface area contributed by atoms with E-state index >= 15 is 0 Å². The average Bonchev–Trinajstić information content (AvgIpc) is 3.21. The van der Waals surface area contributed by atoms with Crippen LogP contribution in [-0.4, -0.2) is 36.0 Å². The number of pyridine rings is 1. The van der Waals surface area contributed by atoms with Gasteiger partial charge in [-0.15, -0.1) is 0 Å². The zero-order chi connectivity index (χ0) is 26.2. The Labute approximate surface area is 224 Å². The minimum Gasteiger partial charge on any atom is -0.349 e. The highest BCUT2D eigenvalue weighted by molar-refractivity contribution is 6.30. The molecule has 0 aliphatic heterocycles. The van der Waals surface area contributed by atoms with Gasteiger partial charge in [0.1, 0.15) is 6.33 Å². The highest BCUT2D eigenvalue weighted by atomic mass is 35.5. The summed E-state index contributed by atoms with van der Waals surface area (Å²) in [4.78, 5) is 39.2. The number of fused-ring (bicyclic) bond motifs is 2. The molecule has 2 aromatic carbocycles. The van der Waals surface area contributed by atoms with E-state index in [4.69, 9.17) is 11.6 Å².